The molecule has 3 rings (SSSR count). The Labute approximate surface area is 117 Å². The molecule has 1 aromatic heterocycles. The molecule has 1 aliphatic rings. The van der Waals surface area contributed by atoms with E-state index in [2.05, 4.69) is 16.3 Å². The highest BCUT2D eigenvalue weighted by atomic mass is 32.1. The highest BCUT2D eigenvalue weighted by molar-refractivity contribution is 7.19. The number of likely N-dealkylation sites (tertiary alicyclic amines) is 1. The first-order chi connectivity index (χ1) is 9.31. The molecular weight excluding hydrogens is 259 g/mol. The SMILES string of the molecule is Fc1ccc2sc(CNCCN3CCCC3)cc2c1. The van der Waals surface area contributed by atoms with Crippen LogP contribution in [0.5, 0.6) is 0 Å². The van der Waals surface area contributed by atoms with Crippen molar-refractivity contribution in [2.45, 2.75) is 19.4 Å². The third kappa shape index (κ3) is 3.32. The van der Waals surface area contributed by atoms with Crippen molar-refractivity contribution in [3.8, 4) is 0 Å². The summed E-state index contributed by atoms with van der Waals surface area (Å²) in [6.45, 7) is 5.56. The Bertz CT molecular complexity index is 546. The molecule has 1 aromatic carbocycles. The van der Waals surface area contributed by atoms with E-state index >= 15 is 0 Å². The van der Waals surface area contributed by atoms with Gasteiger partial charge in [-0.05, 0) is 55.6 Å². The molecule has 1 aliphatic heterocycles. The molecule has 0 atom stereocenters. The number of fused-ring (bicyclic) bond motifs is 1. The molecular formula is C15H19FN2S. The molecule has 0 radical (unpaired) electrons. The van der Waals surface area contributed by atoms with Crippen molar-refractivity contribution < 1.29 is 4.39 Å². The summed E-state index contributed by atoms with van der Waals surface area (Å²) < 4.78 is 14.3. The lowest BCUT2D eigenvalue weighted by Crippen LogP contribution is -2.29. The fourth-order valence-corrected chi connectivity index (χ4v) is 3.63. The Balaban J connectivity index is 1.50. The number of rotatable bonds is 5. The number of hydrogen-bond donors (Lipinski definition) is 1. The predicted molar refractivity (Wildman–Crippen MR) is 79.2 cm³/mol. The number of thiophene rings is 1. The van der Waals surface area contributed by atoms with Gasteiger partial charge in [-0.3, -0.25) is 0 Å². The van der Waals surface area contributed by atoms with Crippen LogP contribution < -0.4 is 5.32 Å². The van der Waals surface area contributed by atoms with E-state index in [9.17, 15) is 4.39 Å². The highest BCUT2D eigenvalue weighted by Crippen LogP contribution is 2.26. The molecule has 1 fully saturated rings. The second-order valence-corrected chi connectivity index (χ2v) is 6.29. The van der Waals surface area contributed by atoms with Crippen molar-refractivity contribution in [2.24, 2.45) is 0 Å². The maximum absolute atomic E-state index is 13.1. The van der Waals surface area contributed by atoms with E-state index < -0.39 is 0 Å². The van der Waals surface area contributed by atoms with Crippen LogP contribution in [0.3, 0.4) is 0 Å². The van der Waals surface area contributed by atoms with E-state index in [0.717, 1.165) is 29.7 Å². The molecule has 1 saturated heterocycles. The lowest BCUT2D eigenvalue weighted by molar-refractivity contribution is 0.336. The fourth-order valence-electron chi connectivity index (χ4n) is 2.61. The van der Waals surface area contributed by atoms with Gasteiger partial charge < -0.3 is 10.2 Å². The lowest BCUT2D eigenvalue weighted by Gasteiger charge is -2.14. The molecule has 0 spiro atoms. The van der Waals surface area contributed by atoms with Gasteiger partial charge in [0.15, 0.2) is 0 Å². The highest BCUT2D eigenvalue weighted by Gasteiger charge is 2.10. The van der Waals surface area contributed by atoms with Gasteiger partial charge in [0.2, 0.25) is 0 Å². The topological polar surface area (TPSA) is 15.3 Å². The molecule has 102 valence electrons. The summed E-state index contributed by atoms with van der Waals surface area (Å²) in [5.74, 6) is -0.154. The molecule has 2 heterocycles. The first-order valence-corrected chi connectivity index (χ1v) is 7.74. The Hall–Kier alpha value is -0.970. The zero-order chi connectivity index (χ0) is 13.1. The van der Waals surface area contributed by atoms with Crippen LogP contribution in [0.2, 0.25) is 0 Å². The molecule has 1 N–H and O–H groups in total. The van der Waals surface area contributed by atoms with Crippen molar-refractivity contribution in [3.05, 3.63) is 35.0 Å². The summed E-state index contributed by atoms with van der Waals surface area (Å²) in [4.78, 5) is 3.79. The van der Waals surface area contributed by atoms with Crippen LogP contribution in [-0.2, 0) is 6.54 Å². The van der Waals surface area contributed by atoms with E-state index in [1.807, 2.05) is 6.07 Å². The van der Waals surface area contributed by atoms with Crippen molar-refractivity contribution in [1.29, 1.82) is 0 Å². The van der Waals surface area contributed by atoms with Crippen LogP contribution in [0.4, 0.5) is 4.39 Å². The van der Waals surface area contributed by atoms with Gasteiger partial charge in [0.1, 0.15) is 5.82 Å². The van der Waals surface area contributed by atoms with Crippen LogP contribution in [0.25, 0.3) is 10.1 Å². The maximum atomic E-state index is 13.1. The monoisotopic (exact) mass is 278 g/mol. The molecule has 0 amide bonds. The minimum atomic E-state index is -0.154. The Kier molecular flexibility index (Phi) is 4.11. The smallest absolute Gasteiger partial charge is 0.123 e. The number of nitrogens with one attached hydrogen (secondary N) is 1. The Morgan fingerprint density at radius 2 is 2.05 bits per heavy atom. The summed E-state index contributed by atoms with van der Waals surface area (Å²) >= 11 is 1.75. The number of hydrogen-bond acceptors (Lipinski definition) is 3. The van der Waals surface area contributed by atoms with E-state index in [4.69, 9.17) is 0 Å². The summed E-state index contributed by atoms with van der Waals surface area (Å²) in [6, 6.07) is 7.10. The maximum Gasteiger partial charge on any atom is 0.123 e. The minimum absolute atomic E-state index is 0.154. The second-order valence-electron chi connectivity index (χ2n) is 5.12. The van der Waals surface area contributed by atoms with Crippen molar-refractivity contribution in [3.63, 3.8) is 0 Å². The lowest BCUT2D eigenvalue weighted by atomic mass is 10.2. The van der Waals surface area contributed by atoms with Crippen LogP contribution >= 0.6 is 11.3 Å². The van der Waals surface area contributed by atoms with E-state index in [1.165, 1.54) is 36.9 Å². The summed E-state index contributed by atoms with van der Waals surface area (Å²) in [6.07, 6.45) is 2.70. The predicted octanol–water partition coefficient (Wildman–Crippen LogP) is 3.23. The number of benzene rings is 1. The molecule has 2 aromatic rings. The van der Waals surface area contributed by atoms with Gasteiger partial charge >= 0.3 is 0 Å². The number of nitrogens with zero attached hydrogens (tertiary/aromatic N) is 1. The van der Waals surface area contributed by atoms with Crippen molar-refractivity contribution >= 4 is 21.4 Å². The molecule has 0 unspecified atom stereocenters. The van der Waals surface area contributed by atoms with Crippen LogP contribution in [0, 0.1) is 5.82 Å². The summed E-state index contributed by atoms with van der Waals surface area (Å²) in [7, 11) is 0. The third-order valence-electron chi connectivity index (χ3n) is 3.63. The minimum Gasteiger partial charge on any atom is -0.311 e. The van der Waals surface area contributed by atoms with Crippen molar-refractivity contribution in [1.82, 2.24) is 10.2 Å². The van der Waals surface area contributed by atoms with E-state index in [-0.39, 0.29) is 5.82 Å². The fraction of sp³-hybridized carbons (Fsp3) is 0.467. The number of halogens is 1. The summed E-state index contributed by atoms with van der Waals surface area (Å²) in [5, 5.41) is 4.49. The second kappa shape index (κ2) is 5.99. The first-order valence-electron chi connectivity index (χ1n) is 6.92. The van der Waals surface area contributed by atoms with Crippen LogP contribution in [-0.4, -0.2) is 31.1 Å². The average molecular weight is 278 g/mol. The molecule has 4 heteroatoms. The van der Waals surface area contributed by atoms with Gasteiger partial charge in [0, 0.05) is 29.2 Å². The van der Waals surface area contributed by atoms with Crippen LogP contribution in [0.15, 0.2) is 24.3 Å². The molecule has 0 bridgehead atoms. The van der Waals surface area contributed by atoms with Crippen LogP contribution in [0.1, 0.15) is 17.7 Å². The summed E-state index contributed by atoms with van der Waals surface area (Å²) in [5.41, 5.74) is 0. The van der Waals surface area contributed by atoms with Gasteiger partial charge in [-0.2, -0.15) is 0 Å². The largest absolute Gasteiger partial charge is 0.311 e. The molecule has 19 heavy (non-hydrogen) atoms. The molecule has 0 saturated carbocycles. The van der Waals surface area contributed by atoms with E-state index in [1.54, 1.807) is 17.4 Å². The van der Waals surface area contributed by atoms with Gasteiger partial charge in [0.05, 0.1) is 0 Å². The van der Waals surface area contributed by atoms with Gasteiger partial charge in [-0.25, -0.2) is 4.39 Å². The van der Waals surface area contributed by atoms with E-state index in [0.29, 0.717) is 0 Å². The van der Waals surface area contributed by atoms with Gasteiger partial charge in [0.25, 0.3) is 0 Å². The quantitative estimate of drug-likeness (QED) is 0.845. The zero-order valence-electron chi connectivity index (χ0n) is 11.0. The van der Waals surface area contributed by atoms with Gasteiger partial charge in [-0.15, -0.1) is 11.3 Å². The van der Waals surface area contributed by atoms with Gasteiger partial charge in [-0.1, -0.05) is 0 Å². The standard InChI is InChI=1S/C15H19FN2S/c16-13-3-4-15-12(9-13)10-14(19-15)11-17-5-8-18-6-1-2-7-18/h3-4,9-10,17H,1-2,5-8,11H2. The normalized spacial score (nSPS) is 16.5. The molecule has 0 aliphatic carbocycles. The Morgan fingerprint density at radius 1 is 1.21 bits per heavy atom. The third-order valence-corrected chi connectivity index (χ3v) is 4.75. The Morgan fingerprint density at radius 3 is 2.89 bits per heavy atom. The zero-order valence-corrected chi connectivity index (χ0v) is 11.8. The van der Waals surface area contributed by atoms with Crippen molar-refractivity contribution in [2.75, 3.05) is 26.2 Å². The average Bonchev–Trinajstić information content (AvgIpc) is 3.02. The first kappa shape index (κ1) is 13.0. The molecule has 2 nitrogen and oxygen atoms in total.